The standard InChI is InChI=1S/C18H22N4O3/c1-5-7-21-12(3)8-15(13(21)4)16(23)11-22-17(24)14(9-19)10-20(6-2)18(22)25/h8,10H,5-7,11H2,1-4H3. The molecule has 0 aliphatic rings. The molecule has 7 nitrogen and oxygen atoms in total. The summed E-state index contributed by atoms with van der Waals surface area (Å²) in [5, 5.41) is 9.08. The first-order chi connectivity index (χ1) is 11.8. The fourth-order valence-corrected chi connectivity index (χ4v) is 2.98. The van der Waals surface area contributed by atoms with Crippen molar-refractivity contribution in [1.29, 1.82) is 5.26 Å². The van der Waals surface area contributed by atoms with Gasteiger partial charge in [0.1, 0.15) is 11.6 Å². The van der Waals surface area contributed by atoms with Crippen LogP contribution in [-0.4, -0.2) is 19.5 Å². The highest BCUT2D eigenvalue weighted by Gasteiger charge is 2.19. The van der Waals surface area contributed by atoms with Crippen LogP contribution in [0.2, 0.25) is 0 Å². The highest BCUT2D eigenvalue weighted by Crippen LogP contribution is 2.16. The molecular weight excluding hydrogens is 320 g/mol. The first-order valence-electron chi connectivity index (χ1n) is 8.29. The molecule has 0 aromatic carbocycles. The van der Waals surface area contributed by atoms with Crippen LogP contribution < -0.4 is 11.2 Å². The van der Waals surface area contributed by atoms with Gasteiger partial charge in [-0.15, -0.1) is 0 Å². The van der Waals surface area contributed by atoms with Crippen LogP contribution in [-0.2, 0) is 19.6 Å². The fraction of sp³-hybridized carbons (Fsp3) is 0.444. The number of carbonyl (C=O) groups is 1. The van der Waals surface area contributed by atoms with E-state index in [0.29, 0.717) is 12.1 Å². The minimum atomic E-state index is -0.729. The van der Waals surface area contributed by atoms with Crippen LogP contribution in [0.25, 0.3) is 0 Å². The summed E-state index contributed by atoms with van der Waals surface area (Å²) in [4.78, 5) is 37.4. The lowest BCUT2D eigenvalue weighted by Crippen LogP contribution is -2.42. The zero-order valence-electron chi connectivity index (χ0n) is 15.0. The maximum atomic E-state index is 12.7. The monoisotopic (exact) mass is 342 g/mol. The molecule has 0 aliphatic heterocycles. The molecule has 0 aliphatic carbocycles. The van der Waals surface area contributed by atoms with E-state index in [9.17, 15) is 14.4 Å². The van der Waals surface area contributed by atoms with E-state index >= 15 is 0 Å². The Bertz CT molecular complexity index is 970. The predicted octanol–water partition coefficient (Wildman–Crippen LogP) is 1.61. The Morgan fingerprint density at radius 1 is 1.20 bits per heavy atom. The smallest absolute Gasteiger partial charge is 0.331 e. The largest absolute Gasteiger partial charge is 0.348 e. The number of aryl methyl sites for hydroxylation is 2. The summed E-state index contributed by atoms with van der Waals surface area (Å²) in [5.74, 6) is -0.313. The first kappa shape index (κ1) is 18.5. The molecule has 0 saturated carbocycles. The highest BCUT2D eigenvalue weighted by molar-refractivity contribution is 5.97. The summed E-state index contributed by atoms with van der Waals surface area (Å²) >= 11 is 0. The Hall–Kier alpha value is -2.88. The van der Waals surface area contributed by atoms with Crippen molar-refractivity contribution in [3.8, 4) is 6.07 Å². The minimum Gasteiger partial charge on any atom is -0.348 e. The predicted molar refractivity (Wildman–Crippen MR) is 93.9 cm³/mol. The Kier molecular flexibility index (Phi) is 5.42. The van der Waals surface area contributed by atoms with Crippen molar-refractivity contribution in [3.05, 3.63) is 55.6 Å². The summed E-state index contributed by atoms with van der Waals surface area (Å²) in [7, 11) is 0. The maximum absolute atomic E-state index is 12.7. The third-order valence-electron chi connectivity index (χ3n) is 4.32. The average Bonchev–Trinajstić information content (AvgIpc) is 2.87. The Labute approximate surface area is 145 Å². The number of nitrogens with zero attached hydrogens (tertiary/aromatic N) is 4. The maximum Gasteiger partial charge on any atom is 0.331 e. The Morgan fingerprint density at radius 2 is 1.88 bits per heavy atom. The molecule has 0 bridgehead atoms. The van der Waals surface area contributed by atoms with Gasteiger partial charge in [0.15, 0.2) is 5.78 Å². The second-order valence-corrected chi connectivity index (χ2v) is 5.97. The van der Waals surface area contributed by atoms with Crippen molar-refractivity contribution < 1.29 is 4.79 Å². The quantitative estimate of drug-likeness (QED) is 0.746. The number of Topliss-reactive ketones (excluding diaryl/α,β-unsaturated/α-hetero) is 1. The third kappa shape index (κ3) is 3.33. The molecule has 0 atom stereocenters. The molecule has 132 valence electrons. The van der Waals surface area contributed by atoms with Gasteiger partial charge in [0, 0.05) is 36.2 Å². The Morgan fingerprint density at radius 3 is 2.44 bits per heavy atom. The van der Waals surface area contributed by atoms with Crippen molar-refractivity contribution >= 4 is 5.78 Å². The van der Waals surface area contributed by atoms with Crippen LogP contribution in [0, 0.1) is 25.2 Å². The number of hydrogen-bond acceptors (Lipinski definition) is 4. The van der Waals surface area contributed by atoms with E-state index in [1.807, 2.05) is 18.4 Å². The minimum absolute atomic E-state index is 0.147. The molecule has 2 aromatic heterocycles. The molecule has 0 saturated heterocycles. The molecule has 0 radical (unpaired) electrons. The van der Waals surface area contributed by atoms with E-state index in [4.69, 9.17) is 5.26 Å². The van der Waals surface area contributed by atoms with Gasteiger partial charge in [0.2, 0.25) is 0 Å². The second kappa shape index (κ2) is 7.34. The van der Waals surface area contributed by atoms with Crippen molar-refractivity contribution in [3.63, 3.8) is 0 Å². The van der Waals surface area contributed by atoms with Crippen molar-refractivity contribution in [2.75, 3.05) is 0 Å². The van der Waals surface area contributed by atoms with Gasteiger partial charge in [-0.2, -0.15) is 5.26 Å². The Balaban J connectivity index is 2.50. The van der Waals surface area contributed by atoms with Gasteiger partial charge in [0.05, 0.1) is 6.54 Å². The van der Waals surface area contributed by atoms with Crippen LogP contribution in [0.5, 0.6) is 0 Å². The number of nitriles is 1. The lowest BCUT2D eigenvalue weighted by atomic mass is 10.1. The second-order valence-electron chi connectivity index (χ2n) is 5.97. The van der Waals surface area contributed by atoms with E-state index in [1.165, 1.54) is 10.8 Å². The van der Waals surface area contributed by atoms with Crippen molar-refractivity contribution in [2.24, 2.45) is 0 Å². The normalized spacial score (nSPS) is 10.7. The van der Waals surface area contributed by atoms with Gasteiger partial charge in [-0.3, -0.25) is 18.7 Å². The topological polar surface area (TPSA) is 89.8 Å². The van der Waals surface area contributed by atoms with E-state index in [2.05, 4.69) is 6.92 Å². The van der Waals surface area contributed by atoms with E-state index in [-0.39, 0.29) is 17.9 Å². The summed E-state index contributed by atoms with van der Waals surface area (Å²) in [5.41, 5.74) is 0.833. The molecule has 0 unspecified atom stereocenters. The van der Waals surface area contributed by atoms with Gasteiger partial charge >= 0.3 is 5.69 Å². The van der Waals surface area contributed by atoms with E-state index in [0.717, 1.165) is 28.9 Å². The number of carbonyl (C=O) groups excluding carboxylic acids is 1. The zero-order chi connectivity index (χ0) is 18.7. The fourth-order valence-electron chi connectivity index (χ4n) is 2.98. The molecular formula is C18H22N4O3. The summed E-state index contributed by atoms with van der Waals surface area (Å²) in [6.07, 6.45) is 2.17. The summed E-state index contributed by atoms with van der Waals surface area (Å²) < 4.78 is 4.15. The van der Waals surface area contributed by atoms with Crippen molar-refractivity contribution in [1.82, 2.24) is 13.7 Å². The average molecular weight is 342 g/mol. The van der Waals surface area contributed by atoms with Gasteiger partial charge in [-0.25, -0.2) is 4.79 Å². The van der Waals surface area contributed by atoms with Gasteiger partial charge < -0.3 is 4.57 Å². The van der Waals surface area contributed by atoms with Gasteiger partial charge in [-0.05, 0) is 33.3 Å². The van der Waals surface area contributed by atoms with Crippen LogP contribution >= 0.6 is 0 Å². The zero-order valence-corrected chi connectivity index (χ0v) is 15.0. The number of aromatic nitrogens is 3. The van der Waals surface area contributed by atoms with Crippen LogP contribution in [0.3, 0.4) is 0 Å². The molecule has 25 heavy (non-hydrogen) atoms. The number of hydrogen-bond donors (Lipinski definition) is 0. The first-order valence-corrected chi connectivity index (χ1v) is 8.29. The van der Waals surface area contributed by atoms with Gasteiger partial charge in [0.25, 0.3) is 5.56 Å². The van der Waals surface area contributed by atoms with Crippen molar-refractivity contribution in [2.45, 2.75) is 53.8 Å². The molecule has 0 amide bonds. The lowest BCUT2D eigenvalue weighted by Gasteiger charge is -2.10. The summed E-state index contributed by atoms with van der Waals surface area (Å²) in [6, 6.07) is 3.57. The molecule has 0 fully saturated rings. The van der Waals surface area contributed by atoms with Crippen LogP contribution in [0.15, 0.2) is 21.9 Å². The third-order valence-corrected chi connectivity index (χ3v) is 4.32. The van der Waals surface area contributed by atoms with E-state index in [1.54, 1.807) is 19.1 Å². The SMILES string of the molecule is CCCn1c(C)cc(C(=O)Cn2c(=O)c(C#N)cn(CC)c2=O)c1C. The number of rotatable bonds is 6. The van der Waals surface area contributed by atoms with E-state index < -0.39 is 11.2 Å². The molecule has 2 heterocycles. The van der Waals surface area contributed by atoms with Gasteiger partial charge in [-0.1, -0.05) is 6.92 Å². The molecule has 7 heteroatoms. The van der Waals surface area contributed by atoms with Crippen LogP contribution in [0.1, 0.15) is 47.6 Å². The molecule has 2 aromatic rings. The summed E-state index contributed by atoms with van der Waals surface area (Å²) in [6.45, 7) is 8.31. The van der Waals surface area contributed by atoms with Crippen LogP contribution in [0.4, 0.5) is 0 Å². The highest BCUT2D eigenvalue weighted by atomic mass is 16.2. The molecule has 2 rings (SSSR count). The number of ketones is 1. The molecule has 0 spiro atoms. The molecule has 0 N–H and O–H groups in total. The lowest BCUT2D eigenvalue weighted by molar-refractivity contribution is 0.0967.